The first kappa shape index (κ1) is 17.5. The molecule has 3 rings (SSSR count). The van der Waals surface area contributed by atoms with Gasteiger partial charge in [-0.15, -0.1) is 0 Å². The summed E-state index contributed by atoms with van der Waals surface area (Å²) in [5, 5.41) is 7.10. The summed E-state index contributed by atoms with van der Waals surface area (Å²) in [5.74, 6) is 1.16. The fourth-order valence-electron chi connectivity index (χ4n) is 2.53. The van der Waals surface area contributed by atoms with Crippen LogP contribution in [0.4, 0.5) is 5.82 Å². The number of benzene rings is 1. The average Bonchev–Trinajstić information content (AvgIpc) is 3.12. The third-order valence-corrected chi connectivity index (χ3v) is 3.85. The molecule has 134 valence electrons. The number of hydrogen-bond acceptors (Lipinski definition) is 5. The Morgan fingerprint density at radius 3 is 2.50 bits per heavy atom. The number of nitrogens with zero attached hydrogens (tertiary/aromatic N) is 3. The molecule has 2 heterocycles. The average molecular weight is 352 g/mol. The Morgan fingerprint density at radius 1 is 1.04 bits per heavy atom. The second-order valence-electron chi connectivity index (χ2n) is 5.78. The van der Waals surface area contributed by atoms with Crippen molar-refractivity contribution in [3.8, 4) is 17.2 Å². The molecule has 26 heavy (non-hydrogen) atoms. The van der Waals surface area contributed by atoms with Gasteiger partial charge in [0.25, 0.3) is 5.91 Å². The minimum Gasteiger partial charge on any atom is -0.494 e. The van der Waals surface area contributed by atoms with E-state index >= 15 is 0 Å². The monoisotopic (exact) mass is 352 g/mol. The van der Waals surface area contributed by atoms with Crippen LogP contribution in [0.1, 0.15) is 21.7 Å². The summed E-state index contributed by atoms with van der Waals surface area (Å²) >= 11 is 0. The number of carbonyl (C=O) groups is 1. The van der Waals surface area contributed by atoms with Crippen LogP contribution in [0.3, 0.4) is 0 Å². The number of methoxy groups -OCH3 is 2. The van der Waals surface area contributed by atoms with Crippen molar-refractivity contribution >= 4 is 11.7 Å². The second kappa shape index (κ2) is 7.26. The Balaban J connectivity index is 1.88. The quantitative estimate of drug-likeness (QED) is 0.763. The molecule has 3 aromatic rings. The highest BCUT2D eigenvalue weighted by Crippen LogP contribution is 2.24. The van der Waals surface area contributed by atoms with Gasteiger partial charge in [0.2, 0.25) is 0 Å². The summed E-state index contributed by atoms with van der Waals surface area (Å²) in [6.07, 6.45) is 1.72. The first-order valence-corrected chi connectivity index (χ1v) is 8.05. The number of anilines is 1. The van der Waals surface area contributed by atoms with E-state index in [1.807, 2.05) is 38.1 Å². The summed E-state index contributed by atoms with van der Waals surface area (Å²) in [6.45, 7) is 3.82. The Kier molecular flexibility index (Phi) is 4.88. The first-order valence-electron chi connectivity index (χ1n) is 8.05. The largest absolute Gasteiger partial charge is 0.494 e. The summed E-state index contributed by atoms with van der Waals surface area (Å²) in [5.41, 5.74) is 2.86. The number of pyridine rings is 1. The normalized spacial score (nSPS) is 10.5. The van der Waals surface area contributed by atoms with Crippen molar-refractivity contribution < 1.29 is 14.3 Å². The molecule has 0 aliphatic carbocycles. The molecule has 0 spiro atoms. The third kappa shape index (κ3) is 3.51. The summed E-state index contributed by atoms with van der Waals surface area (Å²) < 4.78 is 12.2. The van der Waals surface area contributed by atoms with Crippen LogP contribution in [-0.4, -0.2) is 34.9 Å². The molecule has 0 aliphatic heterocycles. The summed E-state index contributed by atoms with van der Waals surface area (Å²) in [4.78, 5) is 16.8. The maximum atomic E-state index is 12.5. The summed E-state index contributed by atoms with van der Waals surface area (Å²) in [7, 11) is 3.13. The molecule has 0 saturated carbocycles. The zero-order valence-corrected chi connectivity index (χ0v) is 15.1. The maximum Gasteiger partial charge on any atom is 0.277 e. The number of nitrogens with one attached hydrogen (secondary N) is 1. The van der Waals surface area contributed by atoms with Gasteiger partial charge in [0.1, 0.15) is 11.4 Å². The molecule has 1 aromatic carbocycles. The van der Waals surface area contributed by atoms with E-state index in [9.17, 15) is 4.79 Å². The van der Waals surface area contributed by atoms with Crippen LogP contribution in [0.2, 0.25) is 0 Å². The zero-order chi connectivity index (χ0) is 18.7. The molecule has 0 radical (unpaired) electrons. The van der Waals surface area contributed by atoms with Gasteiger partial charge in [-0.3, -0.25) is 4.79 Å². The fraction of sp³-hybridized carbons (Fsp3) is 0.211. The van der Waals surface area contributed by atoms with Crippen molar-refractivity contribution in [2.24, 2.45) is 0 Å². The number of rotatable bonds is 5. The lowest BCUT2D eigenvalue weighted by Gasteiger charge is -2.10. The van der Waals surface area contributed by atoms with Gasteiger partial charge in [-0.05, 0) is 49.7 Å². The van der Waals surface area contributed by atoms with E-state index in [4.69, 9.17) is 9.47 Å². The van der Waals surface area contributed by atoms with E-state index in [0.717, 1.165) is 16.9 Å². The van der Waals surface area contributed by atoms with Crippen LogP contribution in [0.25, 0.3) is 5.69 Å². The van der Waals surface area contributed by atoms with Crippen LogP contribution >= 0.6 is 0 Å². The van der Waals surface area contributed by atoms with E-state index < -0.39 is 0 Å². The Hall–Kier alpha value is -3.35. The molecular weight excluding hydrogens is 332 g/mol. The molecule has 1 N–H and O–H groups in total. The lowest BCUT2D eigenvalue weighted by atomic mass is 10.2. The van der Waals surface area contributed by atoms with Gasteiger partial charge in [0, 0.05) is 11.9 Å². The zero-order valence-electron chi connectivity index (χ0n) is 15.1. The predicted octanol–water partition coefficient (Wildman–Crippen LogP) is 3.15. The second-order valence-corrected chi connectivity index (χ2v) is 5.78. The predicted molar refractivity (Wildman–Crippen MR) is 98.3 cm³/mol. The molecule has 0 bridgehead atoms. The number of aromatic nitrogens is 3. The van der Waals surface area contributed by atoms with Crippen LogP contribution in [0, 0.1) is 13.8 Å². The molecule has 0 saturated heterocycles. The van der Waals surface area contributed by atoms with Crippen molar-refractivity contribution in [3.05, 3.63) is 59.5 Å². The highest BCUT2D eigenvalue weighted by atomic mass is 16.5. The van der Waals surface area contributed by atoms with Gasteiger partial charge in [0.05, 0.1) is 14.2 Å². The Labute approximate surface area is 151 Å². The lowest BCUT2D eigenvalue weighted by Crippen LogP contribution is -2.15. The molecule has 1 amide bonds. The highest BCUT2D eigenvalue weighted by Gasteiger charge is 2.15. The third-order valence-electron chi connectivity index (χ3n) is 3.85. The van der Waals surface area contributed by atoms with Crippen LogP contribution in [-0.2, 0) is 0 Å². The van der Waals surface area contributed by atoms with Crippen molar-refractivity contribution in [1.82, 2.24) is 14.8 Å². The van der Waals surface area contributed by atoms with Crippen molar-refractivity contribution in [3.63, 3.8) is 0 Å². The number of aryl methyl sites for hydroxylation is 2. The maximum absolute atomic E-state index is 12.5. The Bertz CT molecular complexity index is 950. The van der Waals surface area contributed by atoms with Crippen molar-refractivity contribution in [2.45, 2.75) is 13.8 Å². The standard InChI is InChI=1S/C19H20N4O3/c1-12-5-7-16(25-3)15(11-12)23-10-9-14(22-23)19(24)21-18-17(26-4)8-6-13(2)20-18/h5-11H,1-4H3,(H,20,21,24). The van der Waals surface area contributed by atoms with Crippen molar-refractivity contribution in [1.29, 1.82) is 0 Å². The SMILES string of the molecule is COc1ccc(C)cc1-n1ccc(C(=O)Nc2nc(C)ccc2OC)n1. The smallest absolute Gasteiger partial charge is 0.277 e. The Morgan fingerprint density at radius 2 is 1.77 bits per heavy atom. The molecule has 0 aliphatic rings. The highest BCUT2D eigenvalue weighted by molar-refractivity contribution is 6.03. The van der Waals surface area contributed by atoms with Gasteiger partial charge >= 0.3 is 0 Å². The lowest BCUT2D eigenvalue weighted by molar-refractivity contribution is 0.102. The molecule has 2 aromatic heterocycles. The number of amides is 1. The van der Waals surface area contributed by atoms with Crippen LogP contribution < -0.4 is 14.8 Å². The van der Waals surface area contributed by atoms with Crippen LogP contribution in [0.15, 0.2) is 42.6 Å². The number of carbonyl (C=O) groups excluding carboxylic acids is 1. The molecule has 0 fully saturated rings. The van der Waals surface area contributed by atoms with E-state index in [1.54, 1.807) is 30.1 Å². The van der Waals surface area contributed by atoms with Gasteiger partial charge in [-0.2, -0.15) is 5.10 Å². The van der Waals surface area contributed by atoms with E-state index in [1.165, 1.54) is 7.11 Å². The fourth-order valence-corrected chi connectivity index (χ4v) is 2.53. The number of hydrogen-bond donors (Lipinski definition) is 1. The summed E-state index contributed by atoms with van der Waals surface area (Å²) in [6, 6.07) is 11.0. The first-order chi connectivity index (χ1) is 12.5. The molecule has 0 atom stereocenters. The van der Waals surface area contributed by atoms with Gasteiger partial charge < -0.3 is 14.8 Å². The minimum absolute atomic E-state index is 0.263. The van der Waals surface area contributed by atoms with Crippen molar-refractivity contribution in [2.75, 3.05) is 19.5 Å². The van der Waals surface area contributed by atoms with E-state index in [0.29, 0.717) is 17.3 Å². The number of ether oxygens (including phenoxy) is 2. The van der Waals surface area contributed by atoms with Crippen LogP contribution in [0.5, 0.6) is 11.5 Å². The topological polar surface area (TPSA) is 78.3 Å². The van der Waals surface area contributed by atoms with E-state index in [2.05, 4.69) is 15.4 Å². The molecule has 7 nitrogen and oxygen atoms in total. The van der Waals surface area contributed by atoms with Gasteiger partial charge in [0.15, 0.2) is 17.3 Å². The van der Waals surface area contributed by atoms with Gasteiger partial charge in [-0.25, -0.2) is 9.67 Å². The van der Waals surface area contributed by atoms with Gasteiger partial charge in [-0.1, -0.05) is 6.07 Å². The minimum atomic E-state index is -0.369. The molecular formula is C19H20N4O3. The van der Waals surface area contributed by atoms with E-state index in [-0.39, 0.29) is 11.6 Å². The molecule has 7 heteroatoms. The molecule has 0 unspecified atom stereocenters.